The number of halogens is 1. The fourth-order valence-electron chi connectivity index (χ4n) is 4.11. The van der Waals surface area contributed by atoms with Crippen LogP contribution in [-0.2, 0) is 35.1 Å². The van der Waals surface area contributed by atoms with Crippen LogP contribution in [0.2, 0.25) is 5.02 Å². The third-order valence-electron chi connectivity index (χ3n) is 6.93. The van der Waals surface area contributed by atoms with Crippen LogP contribution in [0.1, 0.15) is 66.4 Å². The van der Waals surface area contributed by atoms with Crippen molar-refractivity contribution in [2.75, 3.05) is 13.7 Å². The van der Waals surface area contributed by atoms with Crippen LogP contribution < -0.4 is 15.4 Å². The first kappa shape index (κ1) is 33.1. The van der Waals surface area contributed by atoms with Crippen molar-refractivity contribution >= 4 is 35.4 Å². The van der Waals surface area contributed by atoms with Gasteiger partial charge in [0.05, 0.1) is 17.5 Å². The van der Waals surface area contributed by atoms with E-state index in [0.717, 1.165) is 6.42 Å². The molecule has 0 aliphatic carbocycles. The fraction of sp³-hybridized carbons (Fsp3) is 0.600. The summed E-state index contributed by atoms with van der Waals surface area (Å²) in [5.41, 5.74) is -0.445. The van der Waals surface area contributed by atoms with Crippen molar-refractivity contribution in [3.8, 4) is 5.75 Å². The van der Waals surface area contributed by atoms with Crippen LogP contribution in [0.3, 0.4) is 0 Å². The summed E-state index contributed by atoms with van der Waals surface area (Å²) < 4.78 is 16.7. The lowest BCUT2D eigenvalue weighted by Gasteiger charge is -2.29. The first-order chi connectivity index (χ1) is 18.8. The maximum absolute atomic E-state index is 13.3. The molecule has 0 fully saturated rings. The van der Waals surface area contributed by atoms with Gasteiger partial charge in [-0.25, -0.2) is 4.79 Å². The Hall–Kier alpha value is -3.07. The molecule has 1 aromatic rings. The Morgan fingerprint density at radius 1 is 1.12 bits per heavy atom. The van der Waals surface area contributed by atoms with Gasteiger partial charge in [-0.3, -0.25) is 14.4 Å². The van der Waals surface area contributed by atoms with Crippen molar-refractivity contribution in [1.82, 2.24) is 10.6 Å². The Balaban J connectivity index is 2.40. The van der Waals surface area contributed by atoms with Crippen molar-refractivity contribution in [3.63, 3.8) is 0 Å². The first-order valence-electron chi connectivity index (χ1n) is 13.8. The van der Waals surface area contributed by atoms with Gasteiger partial charge in [0.25, 0.3) is 0 Å². The normalized spacial score (nSPS) is 24.4. The van der Waals surface area contributed by atoms with E-state index < -0.39 is 47.4 Å². The molecule has 2 rings (SSSR count). The molecule has 0 aromatic heterocycles. The van der Waals surface area contributed by atoms with Crippen molar-refractivity contribution in [3.05, 3.63) is 40.9 Å². The number of esters is 2. The molecule has 0 bridgehead atoms. The highest BCUT2D eigenvalue weighted by atomic mass is 35.5. The number of carbonyl (C=O) groups is 4. The van der Waals surface area contributed by atoms with Crippen molar-refractivity contribution < 1.29 is 33.4 Å². The fourth-order valence-corrected chi connectivity index (χ4v) is 4.39. The zero-order chi connectivity index (χ0) is 30.0. The van der Waals surface area contributed by atoms with E-state index in [0.29, 0.717) is 22.8 Å². The lowest BCUT2D eigenvalue weighted by atomic mass is 9.93. The van der Waals surface area contributed by atoms with E-state index in [1.165, 1.54) is 13.2 Å². The second kappa shape index (κ2) is 15.1. The number of methoxy groups -OCH3 is 1. The summed E-state index contributed by atoms with van der Waals surface area (Å²) in [6, 6.07) is 4.18. The summed E-state index contributed by atoms with van der Waals surface area (Å²) in [6.07, 6.45) is 2.84. The van der Waals surface area contributed by atoms with Gasteiger partial charge in [0.2, 0.25) is 11.8 Å². The molecule has 0 saturated heterocycles. The number of nitrogens with one attached hydrogen (secondary N) is 2. The largest absolute Gasteiger partial charge is 0.495 e. The number of ether oxygens (including phenoxy) is 3. The Bertz CT molecular complexity index is 1090. The lowest BCUT2D eigenvalue weighted by Crippen LogP contribution is -2.51. The topological polar surface area (TPSA) is 120 Å². The van der Waals surface area contributed by atoms with E-state index in [2.05, 4.69) is 10.6 Å². The summed E-state index contributed by atoms with van der Waals surface area (Å²) in [5.74, 6) is -1.64. The Kier molecular flexibility index (Phi) is 12.5. The average Bonchev–Trinajstić information content (AvgIpc) is 2.89. The first-order valence-corrected chi connectivity index (χ1v) is 14.1. The molecule has 4 atom stereocenters. The van der Waals surface area contributed by atoms with Crippen molar-refractivity contribution in [2.45, 2.75) is 85.5 Å². The van der Waals surface area contributed by atoms with Gasteiger partial charge in [-0.1, -0.05) is 57.9 Å². The third kappa shape index (κ3) is 9.84. The van der Waals surface area contributed by atoms with Crippen LogP contribution in [0, 0.1) is 17.3 Å². The van der Waals surface area contributed by atoms with Gasteiger partial charge in [0.15, 0.2) is 6.10 Å². The minimum atomic E-state index is -1.16. The number of benzene rings is 1. The molecular formula is C30H43ClN2O7. The monoisotopic (exact) mass is 578 g/mol. The zero-order valence-corrected chi connectivity index (χ0v) is 25.3. The van der Waals surface area contributed by atoms with Gasteiger partial charge in [0, 0.05) is 19.4 Å². The number of hydrogen-bond acceptors (Lipinski definition) is 7. The standard InChI is InChI=1S/C30H43ClN2O7/c1-8-19(4)23-10-9-11-26(34)33-22(16-20-12-13-24(38-7)21(31)15-20)27(35)32-17-30(5,6)29(37)40-25(14-18(2)3)28(36)39-23/h9,11-13,15,18-19,22-23,25H,8,10,14,16-17H2,1-7H3,(H,32,35)(H,33,34)/b11-9+/t19-,22-,23+,25+/m1/s1. The molecule has 1 heterocycles. The molecule has 1 aliphatic rings. The van der Waals surface area contributed by atoms with E-state index in [1.54, 1.807) is 38.1 Å². The van der Waals surface area contributed by atoms with Gasteiger partial charge in [-0.15, -0.1) is 0 Å². The van der Waals surface area contributed by atoms with E-state index >= 15 is 0 Å². The Labute approximate surface area is 242 Å². The molecule has 0 saturated carbocycles. The molecule has 1 aliphatic heterocycles. The van der Waals surface area contributed by atoms with Crippen LogP contribution in [0.15, 0.2) is 30.4 Å². The summed E-state index contributed by atoms with van der Waals surface area (Å²) in [7, 11) is 1.51. The molecule has 0 unspecified atom stereocenters. The summed E-state index contributed by atoms with van der Waals surface area (Å²) >= 11 is 6.27. The minimum absolute atomic E-state index is 0.000680. The number of cyclic esters (lactones) is 2. The van der Waals surface area contributed by atoms with Crippen LogP contribution in [0.5, 0.6) is 5.75 Å². The highest BCUT2D eigenvalue weighted by Crippen LogP contribution is 2.26. The van der Waals surface area contributed by atoms with Gasteiger partial charge >= 0.3 is 11.9 Å². The highest BCUT2D eigenvalue weighted by molar-refractivity contribution is 6.32. The van der Waals surface area contributed by atoms with Crippen molar-refractivity contribution in [2.24, 2.45) is 17.3 Å². The molecule has 2 amide bonds. The average molecular weight is 579 g/mol. The van der Waals surface area contributed by atoms with Crippen LogP contribution in [-0.4, -0.2) is 55.7 Å². The van der Waals surface area contributed by atoms with E-state index in [-0.39, 0.29) is 31.2 Å². The van der Waals surface area contributed by atoms with Gasteiger partial charge in [-0.2, -0.15) is 0 Å². The van der Waals surface area contributed by atoms with Gasteiger partial charge in [-0.05, 0) is 55.9 Å². The summed E-state index contributed by atoms with van der Waals surface area (Å²) in [5, 5.41) is 5.88. The maximum atomic E-state index is 13.3. The molecule has 40 heavy (non-hydrogen) atoms. The second-order valence-corrected chi connectivity index (χ2v) is 11.8. The molecular weight excluding hydrogens is 536 g/mol. The van der Waals surface area contributed by atoms with Gasteiger partial charge < -0.3 is 24.8 Å². The predicted octanol–water partition coefficient (Wildman–Crippen LogP) is 4.39. The lowest BCUT2D eigenvalue weighted by molar-refractivity contribution is -0.179. The predicted molar refractivity (Wildman–Crippen MR) is 153 cm³/mol. The number of amides is 2. The number of carbonyl (C=O) groups excluding carboxylic acids is 4. The molecule has 1 aromatic carbocycles. The van der Waals surface area contributed by atoms with Crippen LogP contribution in [0.25, 0.3) is 0 Å². The third-order valence-corrected chi connectivity index (χ3v) is 7.22. The molecule has 0 spiro atoms. The Morgan fingerprint density at radius 3 is 2.42 bits per heavy atom. The van der Waals surface area contributed by atoms with E-state index in [9.17, 15) is 19.2 Å². The SMILES string of the molecule is CC[C@@H](C)[C@@H]1C/C=C/C(=O)N[C@H](Cc2ccc(OC)c(Cl)c2)C(=O)NCC(C)(C)C(=O)O[C@@H](CC(C)C)C(=O)O1. The van der Waals surface area contributed by atoms with Crippen molar-refractivity contribution in [1.29, 1.82) is 0 Å². The smallest absolute Gasteiger partial charge is 0.347 e. The number of rotatable bonds is 7. The molecule has 2 N–H and O–H groups in total. The maximum Gasteiger partial charge on any atom is 0.347 e. The minimum Gasteiger partial charge on any atom is -0.495 e. The highest BCUT2D eigenvalue weighted by Gasteiger charge is 2.37. The number of hydrogen-bond donors (Lipinski definition) is 2. The van der Waals surface area contributed by atoms with E-state index in [1.807, 2.05) is 27.7 Å². The quantitative estimate of drug-likeness (QED) is 0.460. The van der Waals surface area contributed by atoms with Crippen LogP contribution in [0.4, 0.5) is 0 Å². The molecule has 9 nitrogen and oxygen atoms in total. The van der Waals surface area contributed by atoms with Crippen LogP contribution >= 0.6 is 11.6 Å². The van der Waals surface area contributed by atoms with Gasteiger partial charge in [0.1, 0.15) is 17.9 Å². The molecule has 10 heteroatoms. The summed E-state index contributed by atoms with van der Waals surface area (Å²) in [4.78, 5) is 52.4. The molecule has 222 valence electrons. The second-order valence-electron chi connectivity index (χ2n) is 11.4. The Morgan fingerprint density at radius 2 is 1.82 bits per heavy atom. The zero-order valence-electron chi connectivity index (χ0n) is 24.5. The van der Waals surface area contributed by atoms with E-state index in [4.69, 9.17) is 25.8 Å². The summed E-state index contributed by atoms with van der Waals surface area (Å²) in [6.45, 7) is 11.0. The molecule has 0 radical (unpaired) electrons.